The van der Waals surface area contributed by atoms with Crippen LogP contribution >= 0.6 is 0 Å². The lowest BCUT2D eigenvalue weighted by Crippen LogP contribution is -2.38. The van der Waals surface area contributed by atoms with Gasteiger partial charge in [0.1, 0.15) is 0 Å². The van der Waals surface area contributed by atoms with E-state index in [9.17, 15) is 0 Å². The monoisotopic (exact) mass is 249 g/mol. The quantitative estimate of drug-likeness (QED) is 0.804. The number of hydrogen-bond donors (Lipinski definition) is 1. The highest BCUT2D eigenvalue weighted by molar-refractivity contribution is 5.30. The van der Waals surface area contributed by atoms with E-state index in [-0.39, 0.29) is 12.1 Å². The van der Waals surface area contributed by atoms with Crippen LogP contribution in [0.2, 0.25) is 0 Å². The Morgan fingerprint density at radius 2 is 1.89 bits per heavy atom. The number of hydrogen-bond acceptors (Lipinski definition) is 2. The molecule has 2 atom stereocenters. The lowest BCUT2D eigenvalue weighted by Gasteiger charge is -2.23. The van der Waals surface area contributed by atoms with E-state index >= 15 is 0 Å². The van der Waals surface area contributed by atoms with Crippen LogP contribution in [0.25, 0.3) is 0 Å². The molecule has 0 amide bonds. The van der Waals surface area contributed by atoms with Crippen molar-refractivity contribution >= 4 is 0 Å². The molecule has 1 aromatic carbocycles. The zero-order valence-corrected chi connectivity index (χ0v) is 12.2. The molecule has 0 radical (unpaired) electrons. The lowest BCUT2D eigenvalue weighted by molar-refractivity contribution is 0.0378. The van der Waals surface area contributed by atoms with Gasteiger partial charge in [-0.05, 0) is 50.3 Å². The number of rotatable bonds is 7. The molecule has 0 aliphatic carbocycles. The van der Waals surface area contributed by atoms with Gasteiger partial charge in [-0.25, -0.2) is 0 Å². The first-order valence-corrected chi connectivity index (χ1v) is 7.01. The topological polar surface area (TPSA) is 35.2 Å². The summed E-state index contributed by atoms with van der Waals surface area (Å²) in [6.45, 7) is 9.24. The van der Waals surface area contributed by atoms with E-state index in [1.807, 2.05) is 6.92 Å². The molecular weight excluding hydrogens is 222 g/mol. The van der Waals surface area contributed by atoms with Gasteiger partial charge in [-0.1, -0.05) is 31.5 Å². The van der Waals surface area contributed by atoms with Crippen molar-refractivity contribution in [2.45, 2.75) is 59.1 Å². The molecule has 0 spiro atoms. The first kappa shape index (κ1) is 15.2. The molecule has 2 nitrogen and oxygen atoms in total. The van der Waals surface area contributed by atoms with Crippen molar-refractivity contribution in [3.8, 4) is 0 Å². The normalized spacial score (nSPS) is 14.5. The highest BCUT2D eigenvalue weighted by Gasteiger charge is 2.17. The van der Waals surface area contributed by atoms with E-state index in [1.54, 1.807) is 0 Å². The highest BCUT2D eigenvalue weighted by atomic mass is 16.5. The standard InChI is InChI=1S/C16H27NO/c1-5-7-16(18-6-2)15(17)11-14-9-8-12(3)13(4)10-14/h8-10,15-16H,5-7,11,17H2,1-4H3. The Kier molecular flexibility index (Phi) is 6.37. The number of ether oxygens (including phenoxy) is 1. The van der Waals surface area contributed by atoms with Crippen molar-refractivity contribution in [1.29, 1.82) is 0 Å². The van der Waals surface area contributed by atoms with Crippen molar-refractivity contribution in [3.63, 3.8) is 0 Å². The minimum atomic E-state index is 0.0898. The van der Waals surface area contributed by atoms with Crippen molar-refractivity contribution < 1.29 is 4.74 Å². The maximum absolute atomic E-state index is 6.29. The zero-order chi connectivity index (χ0) is 13.5. The number of benzene rings is 1. The van der Waals surface area contributed by atoms with Gasteiger partial charge >= 0.3 is 0 Å². The van der Waals surface area contributed by atoms with Crippen LogP contribution < -0.4 is 5.73 Å². The SMILES string of the molecule is CCCC(OCC)C(N)Cc1ccc(C)c(C)c1. The van der Waals surface area contributed by atoms with Crippen LogP contribution in [0.5, 0.6) is 0 Å². The third-order valence-electron chi connectivity index (χ3n) is 3.47. The van der Waals surface area contributed by atoms with Crippen LogP contribution in [-0.4, -0.2) is 18.8 Å². The molecule has 0 saturated carbocycles. The first-order chi connectivity index (χ1) is 8.58. The Morgan fingerprint density at radius 3 is 2.44 bits per heavy atom. The van der Waals surface area contributed by atoms with Gasteiger partial charge in [0.05, 0.1) is 6.10 Å². The molecule has 0 fully saturated rings. The molecule has 18 heavy (non-hydrogen) atoms. The zero-order valence-electron chi connectivity index (χ0n) is 12.2. The number of aryl methyl sites for hydroxylation is 2. The van der Waals surface area contributed by atoms with Gasteiger partial charge in [0.2, 0.25) is 0 Å². The summed E-state index contributed by atoms with van der Waals surface area (Å²) < 4.78 is 5.75. The van der Waals surface area contributed by atoms with E-state index in [0.29, 0.717) is 0 Å². The fraction of sp³-hybridized carbons (Fsp3) is 0.625. The van der Waals surface area contributed by atoms with Gasteiger partial charge in [-0.2, -0.15) is 0 Å². The van der Waals surface area contributed by atoms with Gasteiger partial charge in [-0.15, -0.1) is 0 Å². The maximum atomic E-state index is 6.29. The second kappa shape index (κ2) is 7.55. The third-order valence-corrected chi connectivity index (χ3v) is 3.47. The van der Waals surface area contributed by atoms with Crippen LogP contribution in [0.1, 0.15) is 43.4 Å². The Labute approximate surface area is 112 Å². The Morgan fingerprint density at radius 1 is 1.17 bits per heavy atom. The average molecular weight is 249 g/mol. The second-order valence-corrected chi connectivity index (χ2v) is 5.07. The van der Waals surface area contributed by atoms with Crippen molar-refractivity contribution in [3.05, 3.63) is 34.9 Å². The van der Waals surface area contributed by atoms with Crippen LogP contribution in [0.15, 0.2) is 18.2 Å². The summed E-state index contributed by atoms with van der Waals surface area (Å²) in [5.41, 5.74) is 10.3. The Bertz CT molecular complexity index is 356. The van der Waals surface area contributed by atoms with E-state index in [0.717, 1.165) is 25.9 Å². The number of nitrogens with two attached hydrogens (primary N) is 1. The van der Waals surface area contributed by atoms with Gasteiger partial charge in [0.25, 0.3) is 0 Å². The van der Waals surface area contributed by atoms with Crippen LogP contribution in [-0.2, 0) is 11.2 Å². The largest absolute Gasteiger partial charge is 0.377 e. The average Bonchev–Trinajstić information content (AvgIpc) is 2.33. The third kappa shape index (κ3) is 4.43. The smallest absolute Gasteiger partial charge is 0.0728 e. The molecule has 0 saturated heterocycles. The summed E-state index contributed by atoms with van der Waals surface area (Å²) in [6.07, 6.45) is 3.23. The summed E-state index contributed by atoms with van der Waals surface area (Å²) in [5, 5.41) is 0. The summed E-state index contributed by atoms with van der Waals surface area (Å²) in [5.74, 6) is 0. The van der Waals surface area contributed by atoms with Gasteiger partial charge in [0, 0.05) is 12.6 Å². The Balaban J connectivity index is 2.66. The molecule has 0 bridgehead atoms. The van der Waals surface area contributed by atoms with Crippen LogP contribution in [0, 0.1) is 13.8 Å². The molecule has 1 rings (SSSR count). The maximum Gasteiger partial charge on any atom is 0.0728 e. The van der Waals surface area contributed by atoms with E-state index in [1.165, 1.54) is 16.7 Å². The predicted molar refractivity (Wildman–Crippen MR) is 77.9 cm³/mol. The molecule has 2 unspecified atom stereocenters. The molecule has 0 aliphatic rings. The predicted octanol–water partition coefficient (Wildman–Crippen LogP) is 3.38. The van der Waals surface area contributed by atoms with Gasteiger partial charge < -0.3 is 10.5 Å². The van der Waals surface area contributed by atoms with Crippen LogP contribution in [0.3, 0.4) is 0 Å². The molecule has 0 heterocycles. The summed E-state index contributed by atoms with van der Waals surface area (Å²) in [6, 6.07) is 6.68. The molecular formula is C16H27NO. The molecule has 102 valence electrons. The fourth-order valence-electron chi connectivity index (χ4n) is 2.25. The lowest BCUT2D eigenvalue weighted by atomic mass is 9.97. The minimum Gasteiger partial charge on any atom is -0.377 e. The molecule has 2 heteroatoms. The van der Waals surface area contributed by atoms with Crippen molar-refractivity contribution in [2.75, 3.05) is 6.61 Å². The van der Waals surface area contributed by atoms with Crippen molar-refractivity contribution in [2.24, 2.45) is 5.73 Å². The van der Waals surface area contributed by atoms with Gasteiger partial charge in [0.15, 0.2) is 0 Å². The van der Waals surface area contributed by atoms with E-state index < -0.39 is 0 Å². The molecule has 2 N–H and O–H groups in total. The molecule has 0 aromatic heterocycles. The molecule has 0 aliphatic heterocycles. The summed E-state index contributed by atoms with van der Waals surface area (Å²) in [4.78, 5) is 0. The molecule has 1 aromatic rings. The highest BCUT2D eigenvalue weighted by Crippen LogP contribution is 2.14. The van der Waals surface area contributed by atoms with Gasteiger partial charge in [-0.3, -0.25) is 0 Å². The first-order valence-electron chi connectivity index (χ1n) is 7.01. The summed E-state index contributed by atoms with van der Waals surface area (Å²) in [7, 11) is 0. The van der Waals surface area contributed by atoms with E-state index in [2.05, 4.69) is 39.0 Å². The van der Waals surface area contributed by atoms with Crippen molar-refractivity contribution in [1.82, 2.24) is 0 Å². The fourth-order valence-corrected chi connectivity index (χ4v) is 2.25. The van der Waals surface area contributed by atoms with E-state index in [4.69, 9.17) is 10.5 Å². The second-order valence-electron chi connectivity index (χ2n) is 5.07. The minimum absolute atomic E-state index is 0.0898. The Hall–Kier alpha value is -0.860. The summed E-state index contributed by atoms with van der Waals surface area (Å²) >= 11 is 0. The van der Waals surface area contributed by atoms with Crippen LogP contribution in [0.4, 0.5) is 0 Å².